The number of hydrogen-bond donors (Lipinski definition) is 3. The molecule has 150 valence electrons. The van der Waals surface area contributed by atoms with Gasteiger partial charge in [0.1, 0.15) is 12.0 Å². The highest BCUT2D eigenvalue weighted by atomic mass is 19.1. The zero-order chi connectivity index (χ0) is 20.2. The molecule has 0 saturated carbocycles. The van der Waals surface area contributed by atoms with Crippen LogP contribution in [0.1, 0.15) is 34.9 Å². The molecular formula is C20H22FN7O. The van der Waals surface area contributed by atoms with Gasteiger partial charge in [0.15, 0.2) is 6.19 Å². The molecule has 1 unspecified atom stereocenters. The molecule has 0 aliphatic carbocycles. The monoisotopic (exact) mass is 395 g/mol. The van der Waals surface area contributed by atoms with Gasteiger partial charge in [0, 0.05) is 24.8 Å². The van der Waals surface area contributed by atoms with Gasteiger partial charge in [-0.1, -0.05) is 0 Å². The lowest BCUT2D eigenvalue weighted by Gasteiger charge is -2.24. The van der Waals surface area contributed by atoms with Crippen molar-refractivity contribution >= 4 is 17.3 Å². The molecule has 8 nitrogen and oxygen atoms in total. The number of rotatable bonds is 6. The van der Waals surface area contributed by atoms with Crippen LogP contribution in [0.25, 0.3) is 0 Å². The van der Waals surface area contributed by atoms with Crippen molar-refractivity contribution in [1.29, 1.82) is 5.26 Å². The topological polar surface area (TPSA) is 96.3 Å². The number of nitrogens with zero attached hydrogens (tertiary/aromatic N) is 4. The van der Waals surface area contributed by atoms with E-state index < -0.39 is 12.1 Å². The molecule has 0 radical (unpaired) electrons. The summed E-state index contributed by atoms with van der Waals surface area (Å²) in [5.41, 5.74) is 5.75. The number of benzene rings is 1. The minimum atomic E-state index is -0.527. The predicted octanol–water partition coefficient (Wildman–Crippen LogP) is 1.96. The van der Waals surface area contributed by atoms with Gasteiger partial charge in [-0.15, -0.1) is 0 Å². The number of fused-ring (bicyclic) bond motifs is 1. The summed E-state index contributed by atoms with van der Waals surface area (Å²) >= 11 is 0. The summed E-state index contributed by atoms with van der Waals surface area (Å²) in [6.07, 6.45) is 6.66. The molecule has 29 heavy (non-hydrogen) atoms. The van der Waals surface area contributed by atoms with E-state index in [-0.39, 0.29) is 11.4 Å². The largest absolute Gasteiger partial charge is 0.363 e. The Morgan fingerprint density at radius 2 is 2.14 bits per heavy atom. The Kier molecular flexibility index (Phi) is 5.55. The first-order chi connectivity index (χ1) is 14.2. The standard InChI is InChI=1S/C20H22FN7O/c21-14-3-4-18-16(11-14)19(26-28(18)10-9-27-7-1-2-8-27)25-17-12-23-6-5-15(17)20(29)24-13-22/h3-6,11-12,19,25-26H,1-2,7-10H2,(H,24,29). The van der Waals surface area contributed by atoms with Gasteiger partial charge in [-0.2, -0.15) is 5.26 Å². The third-order valence-electron chi connectivity index (χ3n) is 5.25. The van der Waals surface area contributed by atoms with E-state index >= 15 is 0 Å². The second-order valence-corrected chi connectivity index (χ2v) is 7.10. The third-order valence-corrected chi connectivity index (χ3v) is 5.25. The second-order valence-electron chi connectivity index (χ2n) is 7.10. The average molecular weight is 395 g/mol. The van der Waals surface area contributed by atoms with Crippen molar-refractivity contribution < 1.29 is 9.18 Å². The lowest BCUT2D eigenvalue weighted by Crippen LogP contribution is -2.41. The Morgan fingerprint density at radius 1 is 1.31 bits per heavy atom. The number of hydrogen-bond acceptors (Lipinski definition) is 7. The van der Waals surface area contributed by atoms with Crippen molar-refractivity contribution in [2.45, 2.75) is 19.0 Å². The van der Waals surface area contributed by atoms with Crippen molar-refractivity contribution in [3.63, 3.8) is 0 Å². The van der Waals surface area contributed by atoms with Crippen LogP contribution in [0.4, 0.5) is 15.8 Å². The summed E-state index contributed by atoms with van der Waals surface area (Å²) in [6, 6.07) is 6.22. The van der Waals surface area contributed by atoms with Gasteiger partial charge in [-0.25, -0.2) is 9.82 Å². The fourth-order valence-corrected chi connectivity index (χ4v) is 3.82. The van der Waals surface area contributed by atoms with Crippen LogP contribution in [0.5, 0.6) is 0 Å². The maximum atomic E-state index is 13.9. The van der Waals surface area contributed by atoms with Gasteiger partial charge in [0.05, 0.1) is 23.1 Å². The summed E-state index contributed by atoms with van der Waals surface area (Å²) in [6.45, 7) is 3.89. The number of amides is 1. The molecule has 3 N–H and O–H groups in total. The van der Waals surface area contributed by atoms with Crippen molar-refractivity contribution in [3.8, 4) is 6.19 Å². The molecule has 2 aromatic rings. The van der Waals surface area contributed by atoms with Crippen LogP contribution in [-0.2, 0) is 0 Å². The number of nitrogens with one attached hydrogen (secondary N) is 3. The Bertz CT molecular complexity index is 939. The minimum Gasteiger partial charge on any atom is -0.363 e. The van der Waals surface area contributed by atoms with Crippen LogP contribution >= 0.6 is 0 Å². The van der Waals surface area contributed by atoms with Gasteiger partial charge in [-0.3, -0.25) is 15.1 Å². The quantitative estimate of drug-likeness (QED) is 0.508. The van der Waals surface area contributed by atoms with Crippen molar-refractivity contribution in [1.82, 2.24) is 20.6 Å². The van der Waals surface area contributed by atoms with Crippen LogP contribution in [0, 0.1) is 17.3 Å². The van der Waals surface area contributed by atoms with E-state index in [0.717, 1.165) is 37.4 Å². The first-order valence-corrected chi connectivity index (χ1v) is 9.61. The Hall–Kier alpha value is -3.22. The average Bonchev–Trinajstić information content (AvgIpc) is 3.35. The fourth-order valence-electron chi connectivity index (χ4n) is 3.82. The Labute approximate surface area is 168 Å². The van der Waals surface area contributed by atoms with Crippen molar-refractivity contribution in [2.75, 3.05) is 36.5 Å². The molecule has 1 atom stereocenters. The zero-order valence-corrected chi connectivity index (χ0v) is 15.9. The number of likely N-dealkylation sites (tertiary alicyclic amines) is 1. The number of halogens is 1. The summed E-state index contributed by atoms with van der Waals surface area (Å²) in [4.78, 5) is 18.6. The zero-order valence-electron chi connectivity index (χ0n) is 15.9. The first-order valence-electron chi connectivity index (χ1n) is 9.61. The Morgan fingerprint density at radius 3 is 2.93 bits per heavy atom. The molecule has 2 aliphatic rings. The highest BCUT2D eigenvalue weighted by Crippen LogP contribution is 2.34. The molecule has 1 aromatic heterocycles. The van der Waals surface area contributed by atoms with Gasteiger partial charge < -0.3 is 15.2 Å². The maximum absolute atomic E-state index is 13.9. The molecule has 1 saturated heterocycles. The van der Waals surface area contributed by atoms with E-state index in [2.05, 4.69) is 25.9 Å². The van der Waals surface area contributed by atoms with Gasteiger partial charge >= 0.3 is 0 Å². The van der Waals surface area contributed by atoms with Gasteiger partial charge in [-0.05, 0) is 50.2 Å². The molecule has 1 amide bonds. The number of pyridine rings is 1. The van der Waals surface area contributed by atoms with Gasteiger partial charge in [0.2, 0.25) is 0 Å². The van der Waals surface area contributed by atoms with Gasteiger partial charge in [0.25, 0.3) is 5.91 Å². The highest BCUT2D eigenvalue weighted by Gasteiger charge is 2.30. The lowest BCUT2D eigenvalue weighted by molar-refractivity contribution is 0.0973. The van der Waals surface area contributed by atoms with Crippen LogP contribution < -0.4 is 21.1 Å². The smallest absolute Gasteiger partial charge is 0.266 e. The summed E-state index contributed by atoms with van der Waals surface area (Å²) in [5, 5.41) is 16.1. The highest BCUT2D eigenvalue weighted by molar-refractivity contribution is 6.00. The van der Waals surface area contributed by atoms with E-state index in [1.807, 2.05) is 5.01 Å². The van der Waals surface area contributed by atoms with Crippen LogP contribution in [0.15, 0.2) is 36.7 Å². The molecule has 0 bridgehead atoms. The molecule has 9 heteroatoms. The number of carbonyl (C=O) groups excluding carboxylic acids is 1. The Balaban J connectivity index is 1.55. The van der Waals surface area contributed by atoms with E-state index in [0.29, 0.717) is 5.69 Å². The summed E-state index contributed by atoms with van der Waals surface area (Å²) in [7, 11) is 0. The molecule has 0 spiro atoms. The molecule has 1 aromatic carbocycles. The third kappa shape index (κ3) is 4.13. The number of carbonyl (C=O) groups is 1. The lowest BCUT2D eigenvalue weighted by atomic mass is 10.1. The van der Waals surface area contributed by atoms with E-state index in [1.54, 1.807) is 12.3 Å². The molecule has 1 fully saturated rings. The number of anilines is 2. The second kappa shape index (κ2) is 8.43. The minimum absolute atomic E-state index is 0.289. The first kappa shape index (κ1) is 19.1. The maximum Gasteiger partial charge on any atom is 0.266 e. The van der Waals surface area contributed by atoms with Crippen LogP contribution in [0.2, 0.25) is 0 Å². The number of hydrazine groups is 1. The van der Waals surface area contributed by atoms with Crippen molar-refractivity contribution in [2.24, 2.45) is 0 Å². The molecule has 4 rings (SSSR count). The van der Waals surface area contributed by atoms with E-state index in [4.69, 9.17) is 5.26 Å². The SMILES string of the molecule is N#CNC(=O)c1ccncc1NC1NN(CCN2CCCC2)c2ccc(F)cc21. The predicted molar refractivity (Wildman–Crippen MR) is 106 cm³/mol. The normalized spacial score (nSPS) is 18.3. The van der Waals surface area contributed by atoms with Crippen molar-refractivity contribution in [3.05, 3.63) is 53.6 Å². The summed E-state index contributed by atoms with van der Waals surface area (Å²) < 4.78 is 13.9. The summed E-state index contributed by atoms with van der Waals surface area (Å²) in [5.74, 6) is -0.854. The van der Waals surface area contributed by atoms with E-state index in [9.17, 15) is 9.18 Å². The number of nitriles is 1. The molecule has 2 aliphatic heterocycles. The van der Waals surface area contributed by atoms with Crippen LogP contribution in [-0.4, -0.2) is 42.0 Å². The van der Waals surface area contributed by atoms with Crippen LogP contribution in [0.3, 0.4) is 0 Å². The number of aromatic nitrogens is 1. The molecular weight excluding hydrogens is 373 g/mol. The fraction of sp³-hybridized carbons (Fsp3) is 0.350. The van der Waals surface area contributed by atoms with E-state index in [1.165, 1.54) is 43.4 Å². The molecule has 3 heterocycles.